The molecule has 0 saturated heterocycles. The van der Waals surface area contributed by atoms with Crippen molar-refractivity contribution >= 4 is 35.0 Å². The van der Waals surface area contributed by atoms with Crippen LogP contribution in [0.1, 0.15) is 10.4 Å². The molecule has 0 aliphatic rings. The fraction of sp³-hybridized carbons (Fsp3) is 0.125. The molecule has 0 bridgehead atoms. The molecule has 0 radical (unpaired) electrons. The van der Waals surface area contributed by atoms with Gasteiger partial charge in [-0.1, -0.05) is 11.6 Å². The number of benzene rings is 1. The van der Waals surface area contributed by atoms with Gasteiger partial charge < -0.3 is 10.8 Å². The molecule has 0 fully saturated rings. The van der Waals surface area contributed by atoms with Gasteiger partial charge in [0.25, 0.3) is 0 Å². The number of nitrogen functional groups attached to an aromatic ring is 1. The van der Waals surface area contributed by atoms with Crippen molar-refractivity contribution in [1.82, 2.24) is 0 Å². The average molecular weight is 218 g/mol. The van der Waals surface area contributed by atoms with Gasteiger partial charge in [-0.25, -0.2) is 4.79 Å². The lowest BCUT2D eigenvalue weighted by Crippen LogP contribution is -1.99. The maximum absolute atomic E-state index is 10.7. The molecule has 5 heteroatoms. The Hall–Kier alpha value is -0.870. The lowest BCUT2D eigenvalue weighted by molar-refractivity contribution is 0.0697. The third-order valence-electron chi connectivity index (χ3n) is 1.55. The first-order chi connectivity index (χ1) is 6.06. The van der Waals surface area contributed by atoms with Crippen molar-refractivity contribution in [3.63, 3.8) is 0 Å². The zero-order valence-corrected chi connectivity index (χ0v) is 8.45. The first kappa shape index (κ1) is 10.2. The van der Waals surface area contributed by atoms with Gasteiger partial charge in [0, 0.05) is 10.6 Å². The largest absolute Gasteiger partial charge is 0.478 e. The van der Waals surface area contributed by atoms with E-state index in [1.807, 2.05) is 6.26 Å². The number of hydrogen-bond acceptors (Lipinski definition) is 3. The summed E-state index contributed by atoms with van der Waals surface area (Å²) in [4.78, 5) is 11.4. The van der Waals surface area contributed by atoms with E-state index in [4.69, 9.17) is 22.4 Å². The second-order valence-corrected chi connectivity index (χ2v) is 3.63. The summed E-state index contributed by atoms with van der Waals surface area (Å²) in [7, 11) is 0. The zero-order chi connectivity index (χ0) is 10.0. The first-order valence-corrected chi connectivity index (χ1v) is 5.03. The second kappa shape index (κ2) is 3.89. The molecule has 0 heterocycles. The molecule has 3 N–H and O–H groups in total. The zero-order valence-electron chi connectivity index (χ0n) is 6.87. The third kappa shape index (κ3) is 2.08. The third-order valence-corrected chi connectivity index (χ3v) is 2.66. The maximum Gasteiger partial charge on any atom is 0.337 e. The van der Waals surface area contributed by atoms with Gasteiger partial charge in [0.2, 0.25) is 0 Å². The number of rotatable bonds is 2. The number of nitrogens with two attached hydrogens (primary N) is 1. The van der Waals surface area contributed by atoms with Gasteiger partial charge in [0.05, 0.1) is 10.6 Å². The van der Waals surface area contributed by atoms with Crippen molar-refractivity contribution in [3.8, 4) is 0 Å². The lowest BCUT2D eigenvalue weighted by atomic mass is 10.2. The van der Waals surface area contributed by atoms with E-state index < -0.39 is 5.97 Å². The Balaban J connectivity index is 3.30. The van der Waals surface area contributed by atoms with Gasteiger partial charge in [-0.15, -0.1) is 11.8 Å². The van der Waals surface area contributed by atoms with E-state index in [2.05, 4.69) is 0 Å². The summed E-state index contributed by atoms with van der Waals surface area (Å²) >= 11 is 7.07. The highest BCUT2D eigenvalue weighted by Gasteiger charge is 2.11. The highest BCUT2D eigenvalue weighted by atomic mass is 35.5. The predicted molar refractivity (Wildman–Crippen MR) is 54.6 cm³/mol. The van der Waals surface area contributed by atoms with E-state index >= 15 is 0 Å². The Labute approximate surface area is 84.9 Å². The van der Waals surface area contributed by atoms with E-state index in [0.717, 1.165) is 4.90 Å². The maximum atomic E-state index is 10.7. The number of carboxylic acid groups (broad SMARTS) is 1. The Morgan fingerprint density at radius 2 is 2.23 bits per heavy atom. The van der Waals surface area contributed by atoms with Gasteiger partial charge in [0.1, 0.15) is 0 Å². The van der Waals surface area contributed by atoms with Crippen molar-refractivity contribution in [3.05, 3.63) is 22.7 Å². The van der Waals surface area contributed by atoms with Crippen LogP contribution in [0.2, 0.25) is 5.02 Å². The second-order valence-electron chi connectivity index (χ2n) is 2.38. The van der Waals surface area contributed by atoms with Crippen LogP contribution in [0.5, 0.6) is 0 Å². The molecule has 0 aliphatic carbocycles. The van der Waals surface area contributed by atoms with Crippen molar-refractivity contribution in [2.24, 2.45) is 0 Å². The van der Waals surface area contributed by atoms with E-state index in [0.29, 0.717) is 5.69 Å². The van der Waals surface area contributed by atoms with Crippen LogP contribution in [0.3, 0.4) is 0 Å². The Morgan fingerprint density at radius 1 is 1.62 bits per heavy atom. The molecule has 1 rings (SSSR count). The monoisotopic (exact) mass is 217 g/mol. The molecule has 0 spiro atoms. The fourth-order valence-electron chi connectivity index (χ4n) is 0.909. The molecule has 0 saturated carbocycles. The number of aromatic carboxylic acids is 1. The minimum atomic E-state index is -1.04. The SMILES string of the molecule is CSc1cc(C(=O)O)c(Cl)cc1N. The first-order valence-electron chi connectivity index (χ1n) is 3.42. The Morgan fingerprint density at radius 3 is 2.69 bits per heavy atom. The van der Waals surface area contributed by atoms with Crippen LogP contribution in [0.4, 0.5) is 5.69 Å². The molecular formula is C8H8ClNO2S. The highest BCUT2D eigenvalue weighted by Crippen LogP contribution is 2.29. The summed E-state index contributed by atoms with van der Waals surface area (Å²) in [5, 5.41) is 8.91. The molecule has 70 valence electrons. The van der Waals surface area contributed by atoms with Crippen molar-refractivity contribution in [2.45, 2.75) is 4.90 Å². The minimum absolute atomic E-state index is 0.0835. The summed E-state index contributed by atoms with van der Waals surface area (Å²) in [6.07, 6.45) is 1.82. The lowest BCUT2D eigenvalue weighted by Gasteiger charge is -2.05. The van der Waals surface area contributed by atoms with Gasteiger partial charge >= 0.3 is 5.97 Å². The van der Waals surface area contributed by atoms with Crippen LogP contribution < -0.4 is 5.73 Å². The normalized spacial score (nSPS) is 10.0. The number of carbonyl (C=O) groups is 1. The van der Waals surface area contributed by atoms with Gasteiger partial charge in [0.15, 0.2) is 0 Å². The molecule has 0 aliphatic heterocycles. The molecular weight excluding hydrogens is 210 g/mol. The van der Waals surface area contributed by atoms with Gasteiger partial charge in [-0.05, 0) is 18.4 Å². The standard InChI is InChI=1S/C8H8ClNO2S/c1-13-7-2-4(8(11)12)5(9)3-6(7)10/h2-3H,10H2,1H3,(H,11,12). The fourth-order valence-corrected chi connectivity index (χ4v) is 1.69. The number of carboxylic acids is 1. The Bertz CT molecular complexity index is 354. The summed E-state index contributed by atoms with van der Waals surface area (Å²) in [5.74, 6) is -1.04. The molecule has 13 heavy (non-hydrogen) atoms. The minimum Gasteiger partial charge on any atom is -0.478 e. The van der Waals surface area contributed by atoms with E-state index in [1.54, 1.807) is 0 Å². The topological polar surface area (TPSA) is 63.3 Å². The van der Waals surface area contributed by atoms with Gasteiger partial charge in [-0.3, -0.25) is 0 Å². The summed E-state index contributed by atoms with van der Waals surface area (Å²) in [6.45, 7) is 0. The Kier molecular flexibility index (Phi) is 3.06. The average Bonchev–Trinajstić information content (AvgIpc) is 2.03. The van der Waals surface area contributed by atoms with Crippen molar-refractivity contribution in [1.29, 1.82) is 0 Å². The number of halogens is 1. The molecule has 0 amide bonds. The van der Waals surface area contributed by atoms with E-state index in [-0.39, 0.29) is 10.6 Å². The molecule has 0 atom stereocenters. The molecule has 3 nitrogen and oxygen atoms in total. The van der Waals surface area contributed by atoms with Gasteiger partial charge in [-0.2, -0.15) is 0 Å². The van der Waals surface area contributed by atoms with Crippen LogP contribution >= 0.6 is 23.4 Å². The van der Waals surface area contributed by atoms with Crippen LogP contribution in [0, 0.1) is 0 Å². The van der Waals surface area contributed by atoms with Crippen LogP contribution in [-0.4, -0.2) is 17.3 Å². The smallest absolute Gasteiger partial charge is 0.337 e. The number of anilines is 1. The molecule has 0 unspecified atom stereocenters. The number of thioether (sulfide) groups is 1. The number of hydrogen-bond donors (Lipinski definition) is 2. The quantitative estimate of drug-likeness (QED) is 0.590. The highest BCUT2D eigenvalue weighted by molar-refractivity contribution is 7.98. The van der Waals surface area contributed by atoms with Crippen molar-refractivity contribution in [2.75, 3.05) is 12.0 Å². The predicted octanol–water partition coefficient (Wildman–Crippen LogP) is 2.34. The summed E-state index contributed by atoms with van der Waals surface area (Å²) in [6, 6.07) is 2.93. The van der Waals surface area contributed by atoms with Crippen LogP contribution in [0.25, 0.3) is 0 Å². The van der Waals surface area contributed by atoms with E-state index in [9.17, 15) is 4.79 Å². The van der Waals surface area contributed by atoms with Crippen LogP contribution in [-0.2, 0) is 0 Å². The summed E-state index contributed by atoms with van der Waals surface area (Å²) < 4.78 is 0. The van der Waals surface area contributed by atoms with Crippen molar-refractivity contribution < 1.29 is 9.90 Å². The van der Waals surface area contributed by atoms with E-state index in [1.165, 1.54) is 23.9 Å². The molecule has 0 aromatic heterocycles. The summed E-state index contributed by atoms with van der Waals surface area (Å²) in [5.41, 5.74) is 6.19. The van der Waals surface area contributed by atoms with Crippen LogP contribution in [0.15, 0.2) is 17.0 Å². The molecule has 1 aromatic rings. The molecule has 1 aromatic carbocycles.